The normalized spacial score (nSPS) is 31.6. The molecule has 1 heterocycles. The van der Waals surface area contributed by atoms with Crippen LogP contribution in [0.1, 0.15) is 41.0 Å². The number of carbonyl (C=O) groups is 1. The summed E-state index contributed by atoms with van der Waals surface area (Å²) >= 11 is 6.24. The van der Waals surface area contributed by atoms with Crippen LogP contribution in [0.4, 0.5) is 0 Å². The number of hydrogen-bond donors (Lipinski definition) is 2. The molecule has 0 aromatic heterocycles. The maximum absolute atomic E-state index is 10.5. The van der Waals surface area contributed by atoms with Gasteiger partial charge in [0.1, 0.15) is 6.29 Å². The second-order valence-corrected chi connectivity index (χ2v) is 6.61. The van der Waals surface area contributed by atoms with Gasteiger partial charge >= 0.3 is 0 Å². The van der Waals surface area contributed by atoms with Gasteiger partial charge in [0.25, 0.3) is 0 Å². The molecule has 0 radical (unpaired) electrons. The molecule has 0 amide bonds. The van der Waals surface area contributed by atoms with Crippen LogP contribution in [0, 0.1) is 5.92 Å². The maximum Gasteiger partial charge on any atom is 0.142 e. The van der Waals surface area contributed by atoms with E-state index in [1.807, 2.05) is 34.6 Å². The highest BCUT2D eigenvalue weighted by Gasteiger charge is 2.37. The topological polar surface area (TPSA) is 49.3 Å². The number of hydrogen-bond acceptors (Lipinski definition) is 3. The largest absolute Gasteiger partial charge is 0.390 e. The van der Waals surface area contributed by atoms with Crippen molar-refractivity contribution in [3.63, 3.8) is 0 Å². The summed E-state index contributed by atoms with van der Waals surface area (Å²) in [4.78, 5) is 10.5. The van der Waals surface area contributed by atoms with Crippen LogP contribution < -0.4 is 5.32 Å². The lowest BCUT2D eigenvalue weighted by Gasteiger charge is -2.33. The molecule has 1 aliphatic rings. The average Bonchev–Trinajstić information content (AvgIpc) is 2.45. The van der Waals surface area contributed by atoms with Crippen molar-refractivity contribution in [3.05, 3.63) is 34.0 Å². The van der Waals surface area contributed by atoms with Crippen molar-refractivity contribution in [3.8, 4) is 0 Å². The fraction of sp³-hybridized carbons (Fsp3) is 0.562. The lowest BCUT2D eigenvalue weighted by atomic mass is 9.87. The zero-order chi connectivity index (χ0) is 15.5. The van der Waals surface area contributed by atoms with E-state index in [4.69, 9.17) is 11.6 Å². The second-order valence-electron chi connectivity index (χ2n) is 6.04. The van der Waals surface area contributed by atoms with Crippen molar-refractivity contribution in [2.75, 3.05) is 0 Å². The second kappa shape index (κ2) is 6.59. The molecule has 2 atom stereocenters. The first-order chi connectivity index (χ1) is 9.20. The van der Waals surface area contributed by atoms with Gasteiger partial charge in [0.15, 0.2) is 0 Å². The Morgan fingerprint density at radius 3 is 2.55 bits per heavy atom. The molecule has 1 rings (SSSR count). The fourth-order valence-electron chi connectivity index (χ4n) is 2.63. The van der Waals surface area contributed by atoms with Gasteiger partial charge in [-0.05, 0) is 57.3 Å². The maximum atomic E-state index is 10.5. The summed E-state index contributed by atoms with van der Waals surface area (Å²) in [5.74, 6) is 0.0987. The van der Waals surface area contributed by atoms with Gasteiger partial charge in [0.2, 0.25) is 0 Å². The van der Waals surface area contributed by atoms with Gasteiger partial charge < -0.3 is 10.4 Å². The molecule has 1 unspecified atom stereocenters. The van der Waals surface area contributed by atoms with Gasteiger partial charge in [-0.25, -0.2) is 0 Å². The van der Waals surface area contributed by atoms with Crippen LogP contribution in [0.25, 0.3) is 0 Å². The molecule has 112 valence electrons. The Kier molecular flexibility index (Phi) is 5.60. The zero-order valence-electron chi connectivity index (χ0n) is 12.8. The molecule has 0 aromatic carbocycles. The lowest BCUT2D eigenvalue weighted by molar-refractivity contribution is -0.104. The highest BCUT2D eigenvalue weighted by molar-refractivity contribution is 6.29. The Balaban J connectivity index is 3.40. The molecule has 0 aromatic rings. The van der Waals surface area contributed by atoms with Crippen LogP contribution in [0.15, 0.2) is 34.0 Å². The summed E-state index contributed by atoms with van der Waals surface area (Å²) in [5, 5.41) is 14.5. The number of aliphatic hydroxyl groups is 1. The Labute approximate surface area is 126 Å². The highest BCUT2D eigenvalue weighted by atomic mass is 35.5. The molecule has 20 heavy (non-hydrogen) atoms. The van der Waals surface area contributed by atoms with Crippen LogP contribution in [0.5, 0.6) is 0 Å². The number of aliphatic hydroxyl groups excluding tert-OH is 1. The summed E-state index contributed by atoms with van der Waals surface area (Å²) in [6.07, 6.45) is 4.19. The van der Waals surface area contributed by atoms with Gasteiger partial charge in [-0.2, -0.15) is 0 Å². The van der Waals surface area contributed by atoms with Gasteiger partial charge in [-0.3, -0.25) is 4.79 Å². The molecule has 3 nitrogen and oxygen atoms in total. The van der Waals surface area contributed by atoms with E-state index in [0.717, 1.165) is 23.1 Å². The monoisotopic (exact) mass is 297 g/mol. The van der Waals surface area contributed by atoms with Crippen LogP contribution >= 0.6 is 11.6 Å². The molecule has 0 spiro atoms. The minimum absolute atomic E-state index is 0.0987. The minimum Gasteiger partial charge on any atom is -0.390 e. The number of allylic oxidation sites excluding steroid dienone is 5. The molecular formula is C16H24ClNO2. The quantitative estimate of drug-likeness (QED) is 0.607. The molecule has 1 fully saturated rings. The molecule has 2 N–H and O–H groups in total. The predicted octanol–water partition coefficient (Wildman–Crippen LogP) is 3.30. The Bertz CT molecular complexity index is 471. The number of rotatable bonds is 2. The van der Waals surface area contributed by atoms with Crippen molar-refractivity contribution in [2.45, 2.75) is 52.7 Å². The lowest BCUT2D eigenvalue weighted by Crippen LogP contribution is -2.50. The van der Waals surface area contributed by atoms with Gasteiger partial charge in [-0.1, -0.05) is 24.6 Å². The smallest absolute Gasteiger partial charge is 0.142 e. The van der Waals surface area contributed by atoms with Crippen molar-refractivity contribution >= 4 is 17.9 Å². The van der Waals surface area contributed by atoms with E-state index in [9.17, 15) is 9.90 Å². The van der Waals surface area contributed by atoms with Gasteiger partial charge in [0, 0.05) is 10.7 Å². The van der Waals surface area contributed by atoms with Crippen LogP contribution in [-0.4, -0.2) is 23.0 Å². The third-order valence-corrected chi connectivity index (χ3v) is 4.02. The average molecular weight is 298 g/mol. The molecule has 1 aliphatic heterocycles. The third kappa shape index (κ3) is 3.74. The molecular weight excluding hydrogens is 274 g/mol. The summed E-state index contributed by atoms with van der Waals surface area (Å²) in [6.45, 7) is 9.75. The Morgan fingerprint density at radius 1 is 1.45 bits per heavy atom. The molecule has 0 aliphatic carbocycles. The predicted molar refractivity (Wildman–Crippen MR) is 83.5 cm³/mol. The van der Waals surface area contributed by atoms with Gasteiger partial charge in [-0.15, -0.1) is 0 Å². The molecule has 0 saturated carbocycles. The first kappa shape index (κ1) is 17.0. The highest BCUT2D eigenvalue weighted by Crippen LogP contribution is 2.35. The number of nitrogens with one attached hydrogen (secondary N) is 1. The van der Waals surface area contributed by atoms with Crippen LogP contribution in [0.3, 0.4) is 0 Å². The van der Waals surface area contributed by atoms with Gasteiger partial charge in [0.05, 0.1) is 11.6 Å². The van der Waals surface area contributed by atoms with Crippen molar-refractivity contribution in [2.24, 2.45) is 5.92 Å². The van der Waals surface area contributed by atoms with E-state index in [0.29, 0.717) is 11.5 Å². The number of aldehydes is 1. The van der Waals surface area contributed by atoms with E-state index >= 15 is 0 Å². The van der Waals surface area contributed by atoms with Crippen LogP contribution in [-0.2, 0) is 4.79 Å². The zero-order valence-corrected chi connectivity index (χ0v) is 13.6. The number of halogens is 1. The van der Waals surface area contributed by atoms with Crippen molar-refractivity contribution < 1.29 is 9.90 Å². The molecule has 1 saturated heterocycles. The van der Waals surface area contributed by atoms with E-state index in [1.165, 1.54) is 6.08 Å². The molecule has 4 heteroatoms. The Hall–Kier alpha value is -1.06. The standard InChI is InChI=1S/C16H24ClNO2/c1-10(7-6-8-19)14-13(12(3)17)9-11(2)15(20)16(4,5)18-14/h6-8,11,15,18,20H,9H2,1-5H3/b7-6+,13-12+,14-10+/t11-,15?/m0/s1. The van der Waals surface area contributed by atoms with E-state index in [2.05, 4.69) is 5.32 Å². The molecule has 0 bridgehead atoms. The van der Waals surface area contributed by atoms with E-state index in [-0.39, 0.29) is 5.92 Å². The van der Waals surface area contributed by atoms with E-state index < -0.39 is 11.6 Å². The third-order valence-electron chi connectivity index (χ3n) is 3.79. The van der Waals surface area contributed by atoms with Crippen molar-refractivity contribution in [1.29, 1.82) is 0 Å². The summed E-state index contributed by atoms with van der Waals surface area (Å²) in [5.41, 5.74) is 2.38. The summed E-state index contributed by atoms with van der Waals surface area (Å²) in [6, 6.07) is 0. The SMILES string of the molecule is C/C(Cl)=C1/C[C@H](C)C(O)C(C)(C)N/C1=C(C)/C=C/C=O. The van der Waals surface area contributed by atoms with Crippen molar-refractivity contribution in [1.82, 2.24) is 5.32 Å². The summed E-state index contributed by atoms with van der Waals surface area (Å²) < 4.78 is 0. The van der Waals surface area contributed by atoms with Crippen LogP contribution in [0.2, 0.25) is 0 Å². The summed E-state index contributed by atoms with van der Waals surface area (Å²) in [7, 11) is 0. The fourth-order valence-corrected chi connectivity index (χ4v) is 2.81. The van der Waals surface area contributed by atoms with E-state index in [1.54, 1.807) is 6.08 Å². The minimum atomic E-state index is -0.478. The number of carbonyl (C=O) groups excluding carboxylic acids is 1. The Morgan fingerprint density at radius 2 is 2.05 bits per heavy atom. The first-order valence-corrected chi connectivity index (χ1v) is 7.23. The first-order valence-electron chi connectivity index (χ1n) is 6.85.